The molecule has 1 aromatic heterocycles. The zero-order valence-corrected chi connectivity index (χ0v) is 13.4. The third kappa shape index (κ3) is 3.17. The Morgan fingerprint density at radius 1 is 1.52 bits per heavy atom. The maximum absolute atomic E-state index is 11.9. The summed E-state index contributed by atoms with van der Waals surface area (Å²) >= 11 is 1.68. The molecule has 1 aliphatic rings. The fourth-order valence-electron chi connectivity index (χ4n) is 2.54. The Kier molecular flexibility index (Phi) is 3.85. The van der Waals surface area contributed by atoms with Gasteiger partial charge in [0.1, 0.15) is 11.2 Å². The Morgan fingerprint density at radius 2 is 2.33 bits per heavy atom. The summed E-state index contributed by atoms with van der Waals surface area (Å²) in [6, 6.07) is 5.51. The van der Waals surface area contributed by atoms with Crippen molar-refractivity contribution in [1.82, 2.24) is 14.9 Å². The maximum Gasteiger partial charge on any atom is 0.164 e. The van der Waals surface area contributed by atoms with E-state index < -0.39 is 15.2 Å². The third-order valence-electron chi connectivity index (χ3n) is 3.59. The van der Waals surface area contributed by atoms with Gasteiger partial charge >= 0.3 is 0 Å². The van der Waals surface area contributed by atoms with Crippen molar-refractivity contribution < 1.29 is 8.42 Å². The van der Waals surface area contributed by atoms with Gasteiger partial charge < -0.3 is 10.7 Å². The fourth-order valence-corrected chi connectivity index (χ4v) is 5.48. The number of benzene rings is 1. The fraction of sp³-hybridized carbons (Fsp3) is 0.462. The third-order valence-corrected chi connectivity index (χ3v) is 6.28. The van der Waals surface area contributed by atoms with Gasteiger partial charge in [-0.05, 0) is 18.2 Å². The number of nitrogens with two attached hydrogens (primary N) is 1. The summed E-state index contributed by atoms with van der Waals surface area (Å²) in [6.45, 7) is 1.26. The Balaban J connectivity index is 1.86. The number of hydrogen-bond acceptors (Lipinski definition) is 6. The highest BCUT2D eigenvalue weighted by Crippen LogP contribution is 2.23. The van der Waals surface area contributed by atoms with E-state index in [-0.39, 0.29) is 0 Å². The molecule has 1 atom stereocenters. The molecule has 2 aromatic rings. The highest BCUT2D eigenvalue weighted by molar-refractivity contribution is 8.00. The Morgan fingerprint density at radius 3 is 3.10 bits per heavy atom. The molecule has 0 aliphatic carbocycles. The van der Waals surface area contributed by atoms with Crippen molar-refractivity contribution in [2.45, 2.75) is 11.9 Å². The normalized spacial score (nSPS) is 20.9. The molecule has 1 saturated heterocycles. The summed E-state index contributed by atoms with van der Waals surface area (Å²) in [6.07, 6.45) is 1.30. The summed E-state index contributed by atoms with van der Waals surface area (Å²) in [7, 11) is -3.09. The minimum atomic E-state index is -3.09. The molecule has 21 heavy (non-hydrogen) atoms. The number of aromatic amines is 1. The lowest BCUT2D eigenvalue weighted by atomic mass is 10.3. The molecule has 3 N–H and O–H groups in total. The Labute approximate surface area is 128 Å². The van der Waals surface area contributed by atoms with Crippen LogP contribution in [0.15, 0.2) is 18.2 Å². The van der Waals surface area contributed by atoms with Gasteiger partial charge in [0, 0.05) is 30.0 Å². The average molecular weight is 326 g/mol. The number of aromatic nitrogens is 2. The molecule has 0 bridgehead atoms. The molecule has 6 nitrogen and oxygen atoms in total. The van der Waals surface area contributed by atoms with E-state index in [1.807, 2.05) is 23.1 Å². The van der Waals surface area contributed by atoms with E-state index in [1.165, 1.54) is 6.26 Å². The van der Waals surface area contributed by atoms with Crippen molar-refractivity contribution in [2.75, 3.05) is 30.0 Å². The van der Waals surface area contributed by atoms with E-state index in [0.29, 0.717) is 18.0 Å². The molecule has 0 spiro atoms. The lowest BCUT2D eigenvalue weighted by Crippen LogP contribution is -2.46. The van der Waals surface area contributed by atoms with Gasteiger partial charge in [0.05, 0.1) is 17.6 Å². The summed E-state index contributed by atoms with van der Waals surface area (Å²) < 4.78 is 23.8. The van der Waals surface area contributed by atoms with Crippen LogP contribution in [0.2, 0.25) is 0 Å². The van der Waals surface area contributed by atoms with Crippen LogP contribution in [0.4, 0.5) is 5.69 Å². The number of nitrogens with zero attached hydrogens (tertiary/aromatic N) is 2. The zero-order valence-electron chi connectivity index (χ0n) is 11.7. The molecule has 1 aliphatic heterocycles. The molecule has 1 fully saturated rings. The number of fused-ring (bicyclic) bond motifs is 1. The molecule has 0 saturated carbocycles. The van der Waals surface area contributed by atoms with Crippen LogP contribution in [-0.2, 0) is 16.4 Å². The van der Waals surface area contributed by atoms with Crippen LogP contribution in [0.5, 0.6) is 0 Å². The Bertz CT molecular complexity index is 757. The monoisotopic (exact) mass is 326 g/mol. The molecule has 1 aromatic carbocycles. The van der Waals surface area contributed by atoms with Crippen LogP contribution < -0.4 is 5.73 Å². The van der Waals surface area contributed by atoms with E-state index in [1.54, 1.807) is 11.8 Å². The van der Waals surface area contributed by atoms with Crippen LogP contribution in [-0.4, -0.2) is 53.0 Å². The topological polar surface area (TPSA) is 92.1 Å². The largest absolute Gasteiger partial charge is 0.399 e. The van der Waals surface area contributed by atoms with E-state index >= 15 is 0 Å². The maximum atomic E-state index is 11.9. The van der Waals surface area contributed by atoms with Crippen LogP contribution in [0, 0.1) is 0 Å². The van der Waals surface area contributed by atoms with Crippen LogP contribution in [0.1, 0.15) is 5.82 Å². The highest BCUT2D eigenvalue weighted by Gasteiger charge is 2.31. The van der Waals surface area contributed by atoms with Gasteiger partial charge in [-0.25, -0.2) is 13.4 Å². The van der Waals surface area contributed by atoms with Crippen molar-refractivity contribution >= 4 is 38.3 Å². The summed E-state index contributed by atoms with van der Waals surface area (Å²) in [5.74, 6) is 2.33. The van der Waals surface area contributed by atoms with Crippen molar-refractivity contribution in [2.24, 2.45) is 0 Å². The van der Waals surface area contributed by atoms with E-state index in [9.17, 15) is 8.42 Å². The quantitative estimate of drug-likeness (QED) is 0.820. The SMILES string of the molecule is CS(=O)(=O)C1CSCCN1Cc1nc2ccc(N)cc2[nH]1. The van der Waals surface area contributed by atoms with Gasteiger partial charge in [-0.3, -0.25) is 4.90 Å². The number of anilines is 1. The number of nitrogen functional groups attached to an aromatic ring is 1. The summed E-state index contributed by atoms with van der Waals surface area (Å²) in [4.78, 5) is 9.71. The minimum absolute atomic E-state index is 0.436. The molecular weight excluding hydrogens is 308 g/mol. The smallest absolute Gasteiger partial charge is 0.164 e. The number of thioether (sulfide) groups is 1. The first-order valence-electron chi connectivity index (χ1n) is 6.68. The standard InChI is InChI=1S/C13H18N4O2S2/c1-21(18,19)13-8-20-5-4-17(13)7-12-15-10-3-2-9(14)6-11(10)16-12/h2-3,6,13H,4-5,7-8,14H2,1H3,(H,15,16). The van der Waals surface area contributed by atoms with Gasteiger partial charge in [0.15, 0.2) is 9.84 Å². The van der Waals surface area contributed by atoms with Crippen LogP contribution in [0.25, 0.3) is 11.0 Å². The molecule has 1 unspecified atom stereocenters. The first kappa shape index (κ1) is 14.7. The lowest BCUT2D eigenvalue weighted by Gasteiger charge is -2.33. The zero-order chi connectivity index (χ0) is 15.0. The van der Waals surface area contributed by atoms with E-state index in [2.05, 4.69) is 9.97 Å². The second kappa shape index (κ2) is 5.51. The number of sulfone groups is 1. The van der Waals surface area contributed by atoms with E-state index in [4.69, 9.17) is 5.73 Å². The van der Waals surface area contributed by atoms with Crippen LogP contribution in [0.3, 0.4) is 0 Å². The molecule has 3 rings (SSSR count). The molecule has 0 amide bonds. The molecule has 2 heterocycles. The second-order valence-electron chi connectivity index (χ2n) is 5.29. The van der Waals surface area contributed by atoms with Crippen molar-refractivity contribution in [3.63, 3.8) is 0 Å². The number of nitrogens with one attached hydrogen (secondary N) is 1. The lowest BCUT2D eigenvalue weighted by molar-refractivity contribution is 0.257. The number of hydrogen-bond donors (Lipinski definition) is 2. The molecule has 114 valence electrons. The van der Waals surface area contributed by atoms with Gasteiger partial charge in [-0.15, -0.1) is 0 Å². The molecule has 0 radical (unpaired) electrons. The van der Waals surface area contributed by atoms with Gasteiger partial charge in [-0.2, -0.15) is 11.8 Å². The predicted octanol–water partition coefficient (Wildman–Crippen LogP) is 1.06. The van der Waals surface area contributed by atoms with Crippen LogP contribution >= 0.6 is 11.8 Å². The number of imidazole rings is 1. The van der Waals surface area contributed by atoms with Gasteiger partial charge in [-0.1, -0.05) is 0 Å². The first-order valence-corrected chi connectivity index (χ1v) is 9.79. The first-order chi connectivity index (χ1) is 9.93. The minimum Gasteiger partial charge on any atom is -0.399 e. The van der Waals surface area contributed by atoms with Gasteiger partial charge in [0.2, 0.25) is 0 Å². The Hall–Kier alpha value is -1.25. The number of H-pyrrole nitrogens is 1. The highest BCUT2D eigenvalue weighted by atomic mass is 32.2. The summed E-state index contributed by atoms with van der Waals surface area (Å²) in [5.41, 5.74) is 8.17. The predicted molar refractivity (Wildman–Crippen MR) is 86.9 cm³/mol. The summed E-state index contributed by atoms with van der Waals surface area (Å²) in [5, 5.41) is -0.436. The van der Waals surface area contributed by atoms with Crippen molar-refractivity contribution in [3.05, 3.63) is 24.0 Å². The number of rotatable bonds is 3. The van der Waals surface area contributed by atoms with E-state index in [0.717, 1.165) is 29.2 Å². The van der Waals surface area contributed by atoms with Crippen molar-refractivity contribution in [1.29, 1.82) is 0 Å². The van der Waals surface area contributed by atoms with Crippen molar-refractivity contribution in [3.8, 4) is 0 Å². The molecular formula is C13H18N4O2S2. The molecule has 8 heteroatoms. The van der Waals surface area contributed by atoms with Gasteiger partial charge in [0.25, 0.3) is 0 Å². The average Bonchev–Trinajstić information content (AvgIpc) is 2.79. The second-order valence-corrected chi connectivity index (χ2v) is 8.64.